The van der Waals surface area contributed by atoms with Gasteiger partial charge in [-0.25, -0.2) is 0 Å². The molecule has 0 radical (unpaired) electrons. The number of anilines is 1. The van der Waals surface area contributed by atoms with Crippen LogP contribution in [-0.4, -0.2) is 29.2 Å². The quantitative estimate of drug-likeness (QED) is 0.805. The lowest BCUT2D eigenvalue weighted by atomic mass is 10.2. The first-order valence-electron chi connectivity index (χ1n) is 6.23. The molecule has 0 spiro atoms. The largest absolute Gasteiger partial charge is 0.360 e. The van der Waals surface area contributed by atoms with Crippen molar-refractivity contribution in [3.8, 4) is 10.6 Å². The Balaban J connectivity index is 1.87. The molecular formula is C13H15ClN4OS. The monoisotopic (exact) mass is 310 g/mol. The summed E-state index contributed by atoms with van der Waals surface area (Å²) in [5.74, 6) is -0.0121. The average Bonchev–Trinajstić information content (AvgIpc) is 2.87. The highest BCUT2D eigenvalue weighted by Crippen LogP contribution is 2.31. The second kappa shape index (κ2) is 7.21. The summed E-state index contributed by atoms with van der Waals surface area (Å²) in [6.07, 6.45) is 0.834. The molecule has 0 aliphatic carbocycles. The molecule has 0 saturated carbocycles. The first-order valence-corrected chi connectivity index (χ1v) is 7.43. The van der Waals surface area contributed by atoms with E-state index in [0.717, 1.165) is 28.7 Å². The molecule has 2 aromatic rings. The number of benzene rings is 1. The fraction of sp³-hybridized carbons (Fsp3) is 0.308. The van der Waals surface area contributed by atoms with Gasteiger partial charge in [0, 0.05) is 25.6 Å². The van der Waals surface area contributed by atoms with Crippen molar-refractivity contribution in [2.24, 2.45) is 0 Å². The zero-order valence-corrected chi connectivity index (χ0v) is 12.6. The van der Waals surface area contributed by atoms with Crippen molar-refractivity contribution in [3.05, 3.63) is 29.3 Å². The zero-order chi connectivity index (χ0) is 14.4. The van der Waals surface area contributed by atoms with Gasteiger partial charge < -0.3 is 10.6 Å². The standard InChI is InChI=1S/C13H15ClN4OS/c1-9(19)15-7-4-8-16-13-18-17-12(20-13)10-5-2-3-6-11(10)14/h2-3,5-6H,4,7-8H2,1H3,(H,15,19)(H,16,18). The van der Waals surface area contributed by atoms with Gasteiger partial charge in [-0.1, -0.05) is 41.1 Å². The number of carbonyl (C=O) groups is 1. The molecule has 0 bridgehead atoms. The third-order valence-corrected chi connectivity index (χ3v) is 3.78. The molecule has 2 rings (SSSR count). The predicted molar refractivity (Wildman–Crippen MR) is 82.1 cm³/mol. The van der Waals surface area contributed by atoms with Gasteiger partial charge in [-0.3, -0.25) is 4.79 Å². The van der Waals surface area contributed by atoms with Crippen LogP contribution in [0.4, 0.5) is 5.13 Å². The maximum absolute atomic E-state index is 10.7. The van der Waals surface area contributed by atoms with Crippen LogP contribution < -0.4 is 10.6 Å². The molecule has 0 aliphatic rings. The van der Waals surface area contributed by atoms with E-state index in [0.29, 0.717) is 11.6 Å². The Kier molecular flexibility index (Phi) is 5.31. The van der Waals surface area contributed by atoms with E-state index in [4.69, 9.17) is 11.6 Å². The van der Waals surface area contributed by atoms with Crippen molar-refractivity contribution in [2.75, 3.05) is 18.4 Å². The van der Waals surface area contributed by atoms with Crippen LogP contribution in [0.2, 0.25) is 5.02 Å². The van der Waals surface area contributed by atoms with Crippen molar-refractivity contribution < 1.29 is 4.79 Å². The Labute approximate surface area is 126 Å². The first kappa shape index (κ1) is 14.7. The molecule has 106 valence electrons. The highest BCUT2D eigenvalue weighted by Gasteiger charge is 2.09. The van der Waals surface area contributed by atoms with E-state index in [1.54, 1.807) is 0 Å². The molecule has 1 heterocycles. The maximum atomic E-state index is 10.7. The minimum atomic E-state index is -0.0121. The van der Waals surface area contributed by atoms with E-state index >= 15 is 0 Å². The third-order valence-electron chi connectivity index (χ3n) is 2.53. The number of nitrogens with one attached hydrogen (secondary N) is 2. The van der Waals surface area contributed by atoms with Crippen LogP contribution in [0.5, 0.6) is 0 Å². The van der Waals surface area contributed by atoms with E-state index in [-0.39, 0.29) is 5.91 Å². The van der Waals surface area contributed by atoms with E-state index in [9.17, 15) is 4.79 Å². The van der Waals surface area contributed by atoms with Crippen molar-refractivity contribution in [2.45, 2.75) is 13.3 Å². The molecule has 0 saturated heterocycles. The van der Waals surface area contributed by atoms with Crippen LogP contribution in [0.15, 0.2) is 24.3 Å². The Morgan fingerprint density at radius 2 is 2.10 bits per heavy atom. The summed E-state index contributed by atoms with van der Waals surface area (Å²) in [6, 6.07) is 7.55. The Morgan fingerprint density at radius 1 is 1.30 bits per heavy atom. The summed E-state index contributed by atoms with van der Waals surface area (Å²) < 4.78 is 0. The summed E-state index contributed by atoms with van der Waals surface area (Å²) in [6.45, 7) is 2.89. The van der Waals surface area contributed by atoms with Crippen LogP contribution >= 0.6 is 22.9 Å². The van der Waals surface area contributed by atoms with Gasteiger partial charge in [0.05, 0.1) is 5.02 Å². The molecule has 1 amide bonds. The molecular weight excluding hydrogens is 296 g/mol. The zero-order valence-electron chi connectivity index (χ0n) is 11.0. The van der Waals surface area contributed by atoms with Crippen LogP contribution in [0.3, 0.4) is 0 Å². The second-order valence-electron chi connectivity index (χ2n) is 4.16. The topological polar surface area (TPSA) is 66.9 Å². The molecule has 0 aliphatic heterocycles. The fourth-order valence-electron chi connectivity index (χ4n) is 1.59. The van der Waals surface area contributed by atoms with Crippen LogP contribution in [-0.2, 0) is 4.79 Å². The summed E-state index contributed by atoms with van der Waals surface area (Å²) in [5.41, 5.74) is 0.887. The smallest absolute Gasteiger partial charge is 0.216 e. The van der Waals surface area contributed by atoms with Gasteiger partial charge in [0.25, 0.3) is 0 Å². The van der Waals surface area contributed by atoms with Crippen LogP contribution in [0.1, 0.15) is 13.3 Å². The molecule has 2 N–H and O–H groups in total. The van der Waals surface area contributed by atoms with Crippen LogP contribution in [0.25, 0.3) is 10.6 Å². The molecule has 0 fully saturated rings. The minimum Gasteiger partial charge on any atom is -0.360 e. The molecule has 7 heteroatoms. The van der Waals surface area contributed by atoms with Crippen LogP contribution in [0, 0.1) is 0 Å². The highest BCUT2D eigenvalue weighted by molar-refractivity contribution is 7.18. The van der Waals surface area contributed by atoms with Gasteiger partial charge in [-0.05, 0) is 12.5 Å². The number of carbonyl (C=O) groups excluding carboxylic acids is 1. The Bertz CT molecular complexity index is 587. The normalized spacial score (nSPS) is 10.3. The lowest BCUT2D eigenvalue weighted by molar-refractivity contribution is -0.118. The van der Waals surface area contributed by atoms with Crippen molar-refractivity contribution >= 4 is 34.0 Å². The van der Waals surface area contributed by atoms with Gasteiger partial charge >= 0.3 is 0 Å². The number of rotatable bonds is 6. The number of nitrogens with zero attached hydrogens (tertiary/aromatic N) is 2. The third kappa shape index (κ3) is 4.18. The lowest BCUT2D eigenvalue weighted by Gasteiger charge is -2.02. The minimum absolute atomic E-state index is 0.0121. The predicted octanol–water partition coefficient (Wildman–Crippen LogP) is 2.80. The summed E-state index contributed by atoms with van der Waals surface area (Å²) >= 11 is 7.58. The number of aromatic nitrogens is 2. The second-order valence-corrected chi connectivity index (χ2v) is 5.54. The average molecular weight is 311 g/mol. The SMILES string of the molecule is CC(=O)NCCCNc1nnc(-c2ccccc2Cl)s1. The fourth-order valence-corrected chi connectivity index (χ4v) is 2.68. The van der Waals surface area contributed by atoms with Crippen molar-refractivity contribution in [1.82, 2.24) is 15.5 Å². The van der Waals surface area contributed by atoms with Gasteiger partial charge in [0.1, 0.15) is 0 Å². The highest BCUT2D eigenvalue weighted by atomic mass is 35.5. The van der Waals surface area contributed by atoms with Gasteiger partial charge in [-0.2, -0.15) is 0 Å². The summed E-state index contributed by atoms with van der Waals surface area (Å²) in [7, 11) is 0. The number of hydrogen-bond acceptors (Lipinski definition) is 5. The molecule has 20 heavy (non-hydrogen) atoms. The molecule has 5 nitrogen and oxygen atoms in total. The molecule has 0 atom stereocenters. The van der Waals surface area contributed by atoms with Gasteiger partial charge in [0.15, 0.2) is 5.01 Å². The van der Waals surface area contributed by atoms with E-state index < -0.39 is 0 Å². The van der Waals surface area contributed by atoms with E-state index in [2.05, 4.69) is 20.8 Å². The van der Waals surface area contributed by atoms with Crippen molar-refractivity contribution in [1.29, 1.82) is 0 Å². The van der Waals surface area contributed by atoms with Crippen molar-refractivity contribution in [3.63, 3.8) is 0 Å². The summed E-state index contributed by atoms with van der Waals surface area (Å²) in [4.78, 5) is 10.7. The summed E-state index contributed by atoms with van der Waals surface area (Å²) in [5, 5.41) is 16.3. The Hall–Kier alpha value is -1.66. The van der Waals surface area contributed by atoms with Gasteiger partial charge in [0.2, 0.25) is 11.0 Å². The number of halogens is 1. The lowest BCUT2D eigenvalue weighted by Crippen LogP contribution is -2.22. The molecule has 1 aromatic carbocycles. The van der Waals surface area contributed by atoms with E-state index in [1.165, 1.54) is 18.3 Å². The number of hydrogen-bond donors (Lipinski definition) is 2. The van der Waals surface area contributed by atoms with Gasteiger partial charge in [-0.15, -0.1) is 10.2 Å². The first-order chi connectivity index (χ1) is 9.66. The maximum Gasteiger partial charge on any atom is 0.216 e. The molecule has 1 aromatic heterocycles. The Morgan fingerprint density at radius 3 is 2.85 bits per heavy atom. The molecule has 0 unspecified atom stereocenters. The van der Waals surface area contributed by atoms with E-state index in [1.807, 2.05) is 24.3 Å². The number of amides is 1.